The van der Waals surface area contributed by atoms with E-state index in [1.54, 1.807) is 42.6 Å². The minimum Gasteiger partial charge on any atom is -0.278 e. The summed E-state index contributed by atoms with van der Waals surface area (Å²) >= 11 is 0. The van der Waals surface area contributed by atoms with E-state index in [2.05, 4.69) is 17.5 Å². The van der Waals surface area contributed by atoms with Crippen LogP contribution in [0, 0.1) is 10.1 Å². The highest BCUT2D eigenvalue weighted by Gasteiger charge is 2.32. The van der Waals surface area contributed by atoms with E-state index in [-0.39, 0.29) is 17.5 Å². The first kappa shape index (κ1) is 22.1. The Kier molecular flexibility index (Phi) is 6.44. The van der Waals surface area contributed by atoms with Crippen molar-refractivity contribution in [1.82, 2.24) is 4.90 Å². The van der Waals surface area contributed by atoms with Crippen LogP contribution in [0.3, 0.4) is 0 Å². The first-order valence-corrected chi connectivity index (χ1v) is 11.0. The number of nitrogens with one attached hydrogen (secondary N) is 1. The number of anilines is 1. The molecular weight excluding hydrogens is 420 g/mol. The number of hydrazone groups is 1. The maximum absolute atomic E-state index is 13.1. The summed E-state index contributed by atoms with van der Waals surface area (Å²) in [5.41, 5.74) is 5.36. The van der Waals surface area contributed by atoms with Gasteiger partial charge in [-0.25, -0.2) is 0 Å². The summed E-state index contributed by atoms with van der Waals surface area (Å²) in [4.78, 5) is 37.8. The van der Waals surface area contributed by atoms with Crippen LogP contribution in [0.1, 0.15) is 58.9 Å². The molecule has 1 heterocycles. The summed E-state index contributed by atoms with van der Waals surface area (Å²) in [6.45, 7) is 2.54. The van der Waals surface area contributed by atoms with Gasteiger partial charge in [0.1, 0.15) is 0 Å². The number of rotatable bonds is 9. The molecule has 8 nitrogen and oxygen atoms in total. The van der Waals surface area contributed by atoms with E-state index in [1.165, 1.54) is 17.0 Å². The number of benzene rings is 3. The third kappa shape index (κ3) is 4.45. The van der Waals surface area contributed by atoms with Crippen LogP contribution in [0.25, 0.3) is 10.8 Å². The fourth-order valence-electron chi connectivity index (χ4n) is 4.00. The second-order valence-electron chi connectivity index (χ2n) is 7.93. The number of carbonyl (C=O) groups is 2. The molecule has 3 aromatic rings. The van der Waals surface area contributed by atoms with Gasteiger partial charge in [0, 0.05) is 40.6 Å². The number of hydrogen-bond donors (Lipinski definition) is 1. The van der Waals surface area contributed by atoms with Crippen molar-refractivity contribution in [2.45, 2.75) is 32.6 Å². The van der Waals surface area contributed by atoms with Crippen molar-refractivity contribution in [3.05, 3.63) is 81.4 Å². The molecule has 0 atom stereocenters. The summed E-state index contributed by atoms with van der Waals surface area (Å²) in [6.07, 6.45) is 5.51. The number of non-ortho nitro benzene ring substituents is 1. The molecule has 0 bridgehead atoms. The molecule has 0 aromatic heterocycles. The Hall–Kier alpha value is -4.07. The lowest BCUT2D eigenvalue weighted by molar-refractivity contribution is -0.384. The van der Waals surface area contributed by atoms with Gasteiger partial charge in [-0.05, 0) is 42.3 Å². The summed E-state index contributed by atoms with van der Waals surface area (Å²) in [5, 5.41) is 16.4. The van der Waals surface area contributed by atoms with Gasteiger partial charge >= 0.3 is 0 Å². The fourth-order valence-corrected chi connectivity index (χ4v) is 4.00. The van der Waals surface area contributed by atoms with Crippen LogP contribution >= 0.6 is 0 Å². The predicted molar refractivity (Wildman–Crippen MR) is 128 cm³/mol. The number of imide groups is 1. The molecule has 0 unspecified atom stereocenters. The quantitative estimate of drug-likeness (QED) is 0.157. The second kappa shape index (κ2) is 9.60. The normalized spacial score (nSPS) is 13.2. The van der Waals surface area contributed by atoms with Gasteiger partial charge in [-0.2, -0.15) is 5.10 Å². The summed E-state index contributed by atoms with van der Waals surface area (Å²) in [7, 11) is 0. The zero-order chi connectivity index (χ0) is 23.4. The van der Waals surface area contributed by atoms with Crippen molar-refractivity contribution in [1.29, 1.82) is 0 Å². The van der Waals surface area contributed by atoms with E-state index in [0.29, 0.717) is 34.3 Å². The molecule has 168 valence electrons. The zero-order valence-corrected chi connectivity index (χ0v) is 18.3. The Bertz CT molecular complexity index is 1230. The van der Waals surface area contributed by atoms with Crippen LogP contribution in [0.5, 0.6) is 0 Å². The highest BCUT2D eigenvalue weighted by Crippen LogP contribution is 2.34. The number of nitro groups is 1. The lowest BCUT2D eigenvalue weighted by Crippen LogP contribution is -2.40. The number of nitrogens with zero attached hydrogens (tertiary/aromatic N) is 3. The van der Waals surface area contributed by atoms with Gasteiger partial charge in [0.25, 0.3) is 17.5 Å². The van der Waals surface area contributed by atoms with E-state index >= 15 is 0 Å². The van der Waals surface area contributed by atoms with Gasteiger partial charge in [-0.3, -0.25) is 30.0 Å². The summed E-state index contributed by atoms with van der Waals surface area (Å²) < 4.78 is 0. The minimum absolute atomic E-state index is 0.0115. The molecule has 8 heteroatoms. The highest BCUT2D eigenvalue weighted by molar-refractivity contribution is 6.26. The van der Waals surface area contributed by atoms with Crippen LogP contribution in [0.4, 0.5) is 11.4 Å². The Balaban J connectivity index is 1.58. The van der Waals surface area contributed by atoms with Gasteiger partial charge in [0.2, 0.25) is 0 Å². The van der Waals surface area contributed by atoms with E-state index in [0.717, 1.165) is 31.1 Å². The molecule has 0 radical (unpaired) electrons. The molecule has 0 aliphatic carbocycles. The Morgan fingerprint density at radius 2 is 1.70 bits per heavy atom. The Morgan fingerprint density at radius 1 is 0.970 bits per heavy atom. The van der Waals surface area contributed by atoms with Crippen molar-refractivity contribution in [3.63, 3.8) is 0 Å². The number of carbonyl (C=O) groups excluding carboxylic acids is 2. The van der Waals surface area contributed by atoms with Gasteiger partial charge < -0.3 is 0 Å². The number of unbranched alkanes of at least 4 members (excludes halogenated alkanes) is 3. The Labute approximate surface area is 191 Å². The molecular formula is C25H24N4O4. The van der Waals surface area contributed by atoms with E-state index in [1.807, 2.05) is 6.07 Å². The van der Waals surface area contributed by atoms with E-state index < -0.39 is 4.92 Å². The van der Waals surface area contributed by atoms with Crippen molar-refractivity contribution in [2.24, 2.45) is 5.10 Å². The predicted octanol–water partition coefficient (Wildman–Crippen LogP) is 5.37. The molecule has 1 N–H and O–H groups in total. The van der Waals surface area contributed by atoms with E-state index in [9.17, 15) is 19.7 Å². The largest absolute Gasteiger partial charge is 0.278 e. The number of amides is 2. The molecule has 0 saturated carbocycles. The first-order valence-electron chi connectivity index (χ1n) is 11.0. The average molecular weight is 444 g/mol. The lowest BCUT2D eigenvalue weighted by Gasteiger charge is -2.27. The van der Waals surface area contributed by atoms with Crippen LogP contribution < -0.4 is 5.43 Å². The molecule has 0 saturated heterocycles. The maximum Gasteiger partial charge on any atom is 0.269 e. The highest BCUT2D eigenvalue weighted by atomic mass is 16.6. The van der Waals surface area contributed by atoms with Crippen LogP contribution in [0.2, 0.25) is 0 Å². The van der Waals surface area contributed by atoms with Gasteiger partial charge in [-0.15, -0.1) is 0 Å². The third-order valence-corrected chi connectivity index (χ3v) is 5.73. The molecule has 3 aromatic carbocycles. The fraction of sp³-hybridized carbons (Fsp3) is 0.240. The molecule has 1 aliphatic rings. The standard InChI is InChI=1S/C25H24N4O4/c1-2-3-4-5-15-28-24(30)20-8-6-7-19-22(14-13-21(23(19)20)25(28)31)27-26-16-17-9-11-18(12-10-17)29(32)33/h6-14,16,27H,2-5,15H2,1H3/b26-16+. The zero-order valence-electron chi connectivity index (χ0n) is 18.3. The monoisotopic (exact) mass is 444 g/mol. The minimum atomic E-state index is -0.455. The van der Waals surface area contributed by atoms with Crippen molar-refractivity contribution in [3.8, 4) is 0 Å². The van der Waals surface area contributed by atoms with Crippen LogP contribution in [-0.4, -0.2) is 34.4 Å². The topological polar surface area (TPSA) is 105 Å². The molecule has 0 fully saturated rings. The Morgan fingerprint density at radius 3 is 2.39 bits per heavy atom. The molecule has 0 spiro atoms. The number of nitro benzene ring substituents is 1. The van der Waals surface area contributed by atoms with E-state index in [4.69, 9.17) is 0 Å². The second-order valence-corrected chi connectivity index (χ2v) is 7.93. The molecule has 4 rings (SSSR count). The number of hydrogen-bond acceptors (Lipinski definition) is 6. The van der Waals surface area contributed by atoms with Gasteiger partial charge in [0.05, 0.1) is 16.8 Å². The van der Waals surface area contributed by atoms with Crippen LogP contribution in [-0.2, 0) is 0 Å². The molecule has 33 heavy (non-hydrogen) atoms. The molecule has 2 amide bonds. The van der Waals surface area contributed by atoms with Gasteiger partial charge in [-0.1, -0.05) is 38.3 Å². The van der Waals surface area contributed by atoms with Crippen LogP contribution in [0.15, 0.2) is 59.7 Å². The van der Waals surface area contributed by atoms with Crippen molar-refractivity contribution in [2.75, 3.05) is 12.0 Å². The maximum atomic E-state index is 13.1. The molecule has 1 aliphatic heterocycles. The van der Waals surface area contributed by atoms with Gasteiger partial charge in [0.15, 0.2) is 0 Å². The summed E-state index contributed by atoms with van der Waals surface area (Å²) in [5.74, 6) is -0.526. The lowest BCUT2D eigenvalue weighted by atomic mass is 9.93. The SMILES string of the molecule is CCCCCCN1C(=O)c2cccc3c(N/N=C/c4ccc([N+](=O)[O-])cc4)ccc(c23)C1=O. The van der Waals surface area contributed by atoms with Crippen molar-refractivity contribution < 1.29 is 14.5 Å². The third-order valence-electron chi connectivity index (χ3n) is 5.73. The van der Waals surface area contributed by atoms with Crippen molar-refractivity contribution >= 4 is 40.2 Å². The first-order chi connectivity index (χ1) is 16.0. The average Bonchev–Trinajstić information content (AvgIpc) is 2.82. The smallest absolute Gasteiger partial charge is 0.269 e. The summed E-state index contributed by atoms with van der Waals surface area (Å²) in [6, 6.07) is 14.9.